The summed E-state index contributed by atoms with van der Waals surface area (Å²) in [6.07, 6.45) is -4.52. The number of halogens is 3. The fraction of sp³-hybridized carbons (Fsp3) is 0.353. The minimum absolute atomic E-state index is 0.0875. The van der Waals surface area contributed by atoms with Crippen LogP contribution in [0.3, 0.4) is 0 Å². The van der Waals surface area contributed by atoms with E-state index in [1.807, 2.05) is 0 Å². The van der Waals surface area contributed by atoms with Crippen molar-refractivity contribution in [3.05, 3.63) is 57.5 Å². The molecule has 0 atom stereocenters. The van der Waals surface area contributed by atoms with E-state index in [0.29, 0.717) is 5.69 Å². The predicted octanol–water partition coefficient (Wildman–Crippen LogP) is 2.03. The quantitative estimate of drug-likeness (QED) is 0.864. The number of hydrogen-bond donors (Lipinski definition) is 2. The van der Waals surface area contributed by atoms with Gasteiger partial charge in [0, 0.05) is 23.8 Å². The molecule has 1 heterocycles. The minimum Gasteiger partial charge on any atom is -0.344 e. The van der Waals surface area contributed by atoms with Crippen LogP contribution in [0, 0.1) is 6.92 Å². The maximum Gasteiger partial charge on any atom is 0.416 e. The molecule has 0 aliphatic carbocycles. The number of benzene rings is 1. The van der Waals surface area contributed by atoms with Gasteiger partial charge in [0.1, 0.15) is 0 Å². The van der Waals surface area contributed by atoms with E-state index in [1.165, 1.54) is 19.1 Å². The van der Waals surface area contributed by atoms with Crippen molar-refractivity contribution >= 4 is 5.91 Å². The summed E-state index contributed by atoms with van der Waals surface area (Å²) in [5.41, 5.74) is 3.26. The van der Waals surface area contributed by atoms with Crippen LogP contribution in [0.2, 0.25) is 0 Å². The van der Waals surface area contributed by atoms with Gasteiger partial charge in [-0.05, 0) is 39.0 Å². The van der Waals surface area contributed by atoms with E-state index in [0.717, 1.165) is 22.9 Å². The van der Waals surface area contributed by atoms with Crippen molar-refractivity contribution in [3.63, 3.8) is 0 Å². The lowest BCUT2D eigenvalue weighted by atomic mass is 10.1. The summed E-state index contributed by atoms with van der Waals surface area (Å²) in [6.45, 7) is 4.99. The summed E-state index contributed by atoms with van der Waals surface area (Å²) < 4.78 is 39.9. The number of nitrogens with one attached hydrogen (secondary N) is 1. The van der Waals surface area contributed by atoms with E-state index < -0.39 is 34.3 Å². The van der Waals surface area contributed by atoms with Gasteiger partial charge in [-0.1, -0.05) is 6.07 Å². The van der Waals surface area contributed by atoms with E-state index in [9.17, 15) is 22.8 Å². The van der Waals surface area contributed by atoms with Gasteiger partial charge in [-0.3, -0.25) is 9.59 Å². The number of hydrogen-bond acceptors (Lipinski definition) is 4. The van der Waals surface area contributed by atoms with Gasteiger partial charge >= 0.3 is 6.18 Å². The molecule has 3 N–H and O–H groups in total. The Morgan fingerprint density at radius 1 is 1.27 bits per heavy atom. The Balaban J connectivity index is 2.52. The zero-order chi connectivity index (χ0) is 19.7. The van der Waals surface area contributed by atoms with Crippen molar-refractivity contribution in [2.45, 2.75) is 32.5 Å². The Kier molecular flexibility index (Phi) is 5.22. The molecule has 0 bridgehead atoms. The molecule has 2 rings (SSSR count). The molecule has 26 heavy (non-hydrogen) atoms. The SMILES string of the molecule is Cc1cc(=O)c(C(=O)NC(C)(C)CN)nn1-c1cccc(C(F)(F)F)c1. The third-order valence-corrected chi connectivity index (χ3v) is 3.70. The van der Waals surface area contributed by atoms with Crippen LogP contribution < -0.4 is 16.5 Å². The standard InChI is InChI=1S/C17H19F3N4O2/c1-10-7-13(25)14(15(26)22-16(2,3)9-21)23-24(10)12-6-4-5-11(8-12)17(18,19)20/h4-8H,9,21H2,1-3H3,(H,22,26). The zero-order valence-electron chi connectivity index (χ0n) is 14.5. The van der Waals surface area contributed by atoms with Gasteiger partial charge < -0.3 is 11.1 Å². The number of aromatic nitrogens is 2. The van der Waals surface area contributed by atoms with Crippen LogP contribution in [0.5, 0.6) is 0 Å². The van der Waals surface area contributed by atoms with Crippen LogP contribution in [-0.4, -0.2) is 27.8 Å². The molecule has 1 aromatic carbocycles. The lowest BCUT2D eigenvalue weighted by Crippen LogP contribution is -2.50. The van der Waals surface area contributed by atoms with Crippen LogP contribution in [0.1, 0.15) is 35.6 Å². The Hall–Kier alpha value is -2.68. The number of alkyl halides is 3. The number of amides is 1. The molecular weight excluding hydrogens is 349 g/mol. The minimum atomic E-state index is -4.52. The molecule has 2 aromatic rings. The van der Waals surface area contributed by atoms with E-state index in [-0.39, 0.29) is 12.2 Å². The molecule has 1 aromatic heterocycles. The monoisotopic (exact) mass is 368 g/mol. The summed E-state index contributed by atoms with van der Waals surface area (Å²) in [5.74, 6) is -0.744. The summed E-state index contributed by atoms with van der Waals surface area (Å²) >= 11 is 0. The topological polar surface area (TPSA) is 90.0 Å². The number of nitrogens with zero attached hydrogens (tertiary/aromatic N) is 2. The highest BCUT2D eigenvalue weighted by molar-refractivity contribution is 5.92. The van der Waals surface area contributed by atoms with Gasteiger partial charge in [-0.2, -0.15) is 18.3 Å². The van der Waals surface area contributed by atoms with Crippen LogP contribution in [0.15, 0.2) is 35.1 Å². The number of carbonyl (C=O) groups excluding carboxylic acids is 1. The second kappa shape index (κ2) is 6.91. The number of rotatable bonds is 4. The second-order valence-electron chi connectivity index (χ2n) is 6.50. The fourth-order valence-corrected chi connectivity index (χ4v) is 2.20. The number of carbonyl (C=O) groups is 1. The van der Waals surface area contributed by atoms with Gasteiger partial charge in [-0.25, -0.2) is 4.68 Å². The second-order valence-corrected chi connectivity index (χ2v) is 6.50. The van der Waals surface area contributed by atoms with Crippen molar-refractivity contribution in [1.29, 1.82) is 0 Å². The van der Waals surface area contributed by atoms with E-state index in [1.54, 1.807) is 13.8 Å². The Morgan fingerprint density at radius 3 is 2.50 bits per heavy atom. The van der Waals surface area contributed by atoms with E-state index in [2.05, 4.69) is 10.4 Å². The molecule has 0 saturated heterocycles. The van der Waals surface area contributed by atoms with Crippen molar-refractivity contribution in [3.8, 4) is 5.69 Å². The normalized spacial score (nSPS) is 12.1. The molecular formula is C17H19F3N4O2. The summed E-state index contributed by atoms with van der Waals surface area (Å²) in [7, 11) is 0. The molecule has 9 heteroatoms. The van der Waals surface area contributed by atoms with Crippen LogP contribution in [0.25, 0.3) is 5.69 Å². The Morgan fingerprint density at radius 2 is 1.92 bits per heavy atom. The summed E-state index contributed by atoms with van der Waals surface area (Å²) in [4.78, 5) is 24.5. The van der Waals surface area contributed by atoms with Crippen LogP contribution in [-0.2, 0) is 6.18 Å². The highest BCUT2D eigenvalue weighted by Crippen LogP contribution is 2.30. The first kappa shape index (κ1) is 19.6. The molecule has 0 aliphatic rings. The van der Waals surface area contributed by atoms with Gasteiger partial charge in [0.25, 0.3) is 5.91 Å². The summed E-state index contributed by atoms with van der Waals surface area (Å²) in [5, 5.41) is 6.54. The third kappa shape index (κ3) is 4.29. The number of nitrogens with two attached hydrogens (primary N) is 1. The van der Waals surface area contributed by atoms with Gasteiger partial charge in [0.05, 0.1) is 11.3 Å². The average Bonchev–Trinajstić information content (AvgIpc) is 2.53. The molecule has 1 amide bonds. The highest BCUT2D eigenvalue weighted by Gasteiger charge is 2.31. The smallest absolute Gasteiger partial charge is 0.344 e. The molecule has 0 radical (unpaired) electrons. The molecule has 0 unspecified atom stereocenters. The first-order valence-corrected chi connectivity index (χ1v) is 7.76. The van der Waals surface area contributed by atoms with Gasteiger partial charge in [0.2, 0.25) is 5.43 Å². The van der Waals surface area contributed by atoms with Crippen LogP contribution >= 0.6 is 0 Å². The molecule has 0 fully saturated rings. The first-order chi connectivity index (χ1) is 11.9. The number of aryl methyl sites for hydroxylation is 1. The zero-order valence-corrected chi connectivity index (χ0v) is 14.5. The van der Waals surface area contributed by atoms with Crippen LogP contribution in [0.4, 0.5) is 13.2 Å². The molecule has 0 aliphatic heterocycles. The van der Waals surface area contributed by atoms with Gasteiger partial charge in [0.15, 0.2) is 5.69 Å². The molecule has 0 saturated carbocycles. The largest absolute Gasteiger partial charge is 0.416 e. The maximum atomic E-state index is 12.9. The van der Waals surface area contributed by atoms with Crippen molar-refractivity contribution in [1.82, 2.24) is 15.1 Å². The van der Waals surface area contributed by atoms with Crippen molar-refractivity contribution < 1.29 is 18.0 Å². The molecule has 140 valence electrons. The molecule has 0 spiro atoms. The maximum absolute atomic E-state index is 12.9. The predicted molar refractivity (Wildman–Crippen MR) is 90.2 cm³/mol. The Labute approximate surface area is 147 Å². The van der Waals surface area contributed by atoms with Gasteiger partial charge in [-0.15, -0.1) is 0 Å². The van der Waals surface area contributed by atoms with Crippen molar-refractivity contribution in [2.24, 2.45) is 5.73 Å². The fourth-order valence-electron chi connectivity index (χ4n) is 2.20. The third-order valence-electron chi connectivity index (χ3n) is 3.70. The summed E-state index contributed by atoms with van der Waals surface area (Å²) in [6, 6.07) is 5.62. The lowest BCUT2D eigenvalue weighted by Gasteiger charge is -2.24. The highest BCUT2D eigenvalue weighted by atomic mass is 19.4. The van der Waals surface area contributed by atoms with E-state index >= 15 is 0 Å². The first-order valence-electron chi connectivity index (χ1n) is 7.76. The lowest BCUT2D eigenvalue weighted by molar-refractivity contribution is -0.137. The Bertz CT molecular complexity index is 888. The average molecular weight is 368 g/mol. The molecule has 6 nitrogen and oxygen atoms in total. The van der Waals surface area contributed by atoms with E-state index in [4.69, 9.17) is 5.73 Å². The van der Waals surface area contributed by atoms with Crippen molar-refractivity contribution in [2.75, 3.05) is 6.54 Å².